The molecule has 3 fully saturated rings. The number of rotatable bonds is 2. The molecule has 2 bridgehead atoms. The van der Waals surface area contributed by atoms with Crippen molar-refractivity contribution in [2.45, 2.75) is 84.3 Å². The van der Waals surface area contributed by atoms with Crippen molar-refractivity contribution in [1.82, 2.24) is 10.6 Å². The van der Waals surface area contributed by atoms with Crippen LogP contribution in [-0.4, -0.2) is 24.0 Å². The van der Waals surface area contributed by atoms with Crippen molar-refractivity contribution in [3.05, 3.63) is 0 Å². The fraction of sp³-hybridized carbons (Fsp3) is 0.941. The van der Waals surface area contributed by atoms with Crippen LogP contribution in [0.5, 0.6) is 0 Å². The predicted octanol–water partition coefficient (Wildman–Crippen LogP) is 2.85. The standard InChI is InChI=1S/C17H30N2O/c1-16(2)8-12(9-17(3,4)10-16)19-15(20)13-7-11-5-6-14(13)18-11/h11-14,18H,5-10H2,1-4H3,(H,19,20). The molecule has 3 atom stereocenters. The molecule has 0 radical (unpaired) electrons. The molecule has 20 heavy (non-hydrogen) atoms. The van der Waals surface area contributed by atoms with E-state index in [1.165, 1.54) is 19.3 Å². The SMILES string of the molecule is CC1(C)CC(NC(=O)C2CC3CCC2N3)CC(C)(C)C1. The minimum atomic E-state index is 0.224. The summed E-state index contributed by atoms with van der Waals surface area (Å²) in [7, 11) is 0. The molecular weight excluding hydrogens is 248 g/mol. The molecule has 1 saturated carbocycles. The highest BCUT2D eigenvalue weighted by Crippen LogP contribution is 2.45. The summed E-state index contributed by atoms with van der Waals surface area (Å²) in [6, 6.07) is 1.42. The lowest BCUT2D eigenvalue weighted by Gasteiger charge is -2.45. The van der Waals surface area contributed by atoms with Gasteiger partial charge in [0.2, 0.25) is 5.91 Å². The fourth-order valence-corrected chi connectivity index (χ4v) is 5.37. The Hall–Kier alpha value is -0.570. The van der Waals surface area contributed by atoms with Gasteiger partial charge in [-0.1, -0.05) is 27.7 Å². The van der Waals surface area contributed by atoms with Gasteiger partial charge in [0.15, 0.2) is 0 Å². The van der Waals surface area contributed by atoms with Crippen molar-refractivity contribution >= 4 is 5.91 Å². The highest BCUT2D eigenvalue weighted by Gasteiger charge is 2.44. The quantitative estimate of drug-likeness (QED) is 0.815. The Bertz CT molecular complexity index is 386. The minimum absolute atomic E-state index is 0.224. The van der Waals surface area contributed by atoms with Crippen molar-refractivity contribution in [3.8, 4) is 0 Å². The zero-order chi connectivity index (χ0) is 14.5. The molecule has 3 nitrogen and oxygen atoms in total. The van der Waals surface area contributed by atoms with E-state index in [2.05, 4.69) is 38.3 Å². The normalized spacial score (nSPS) is 38.9. The van der Waals surface area contributed by atoms with Gasteiger partial charge >= 0.3 is 0 Å². The Morgan fingerprint density at radius 3 is 2.25 bits per heavy atom. The monoisotopic (exact) mass is 278 g/mol. The van der Waals surface area contributed by atoms with Crippen molar-refractivity contribution < 1.29 is 4.79 Å². The number of carbonyl (C=O) groups is 1. The molecule has 0 aromatic carbocycles. The van der Waals surface area contributed by atoms with Crippen LogP contribution in [0.25, 0.3) is 0 Å². The first-order valence-electron chi connectivity index (χ1n) is 8.31. The molecule has 0 aromatic heterocycles. The lowest BCUT2D eigenvalue weighted by Crippen LogP contribution is -2.49. The van der Waals surface area contributed by atoms with Crippen LogP contribution in [0.4, 0.5) is 0 Å². The zero-order valence-electron chi connectivity index (χ0n) is 13.5. The first kappa shape index (κ1) is 14.4. The van der Waals surface area contributed by atoms with Crippen LogP contribution >= 0.6 is 0 Å². The molecule has 2 N–H and O–H groups in total. The minimum Gasteiger partial charge on any atom is -0.353 e. The molecule has 2 heterocycles. The topological polar surface area (TPSA) is 41.1 Å². The summed E-state index contributed by atoms with van der Waals surface area (Å²) in [5.41, 5.74) is 0.680. The Balaban J connectivity index is 1.61. The molecular formula is C17H30N2O. The predicted molar refractivity (Wildman–Crippen MR) is 81.4 cm³/mol. The number of fused-ring (bicyclic) bond motifs is 2. The van der Waals surface area contributed by atoms with Gasteiger partial charge in [-0.25, -0.2) is 0 Å². The first-order valence-corrected chi connectivity index (χ1v) is 8.31. The van der Waals surface area contributed by atoms with E-state index in [-0.39, 0.29) is 5.92 Å². The molecule has 3 unspecified atom stereocenters. The van der Waals surface area contributed by atoms with E-state index in [4.69, 9.17) is 0 Å². The molecule has 2 aliphatic heterocycles. The number of nitrogens with one attached hydrogen (secondary N) is 2. The van der Waals surface area contributed by atoms with Crippen molar-refractivity contribution in [2.75, 3.05) is 0 Å². The Morgan fingerprint density at radius 1 is 1.10 bits per heavy atom. The lowest BCUT2D eigenvalue weighted by molar-refractivity contribution is -0.127. The van der Waals surface area contributed by atoms with Crippen LogP contribution in [0.1, 0.15) is 66.2 Å². The summed E-state index contributed by atoms with van der Waals surface area (Å²) in [5.74, 6) is 0.533. The summed E-state index contributed by atoms with van der Waals surface area (Å²) in [6.07, 6.45) is 6.99. The average molecular weight is 278 g/mol. The lowest BCUT2D eigenvalue weighted by atomic mass is 9.63. The molecule has 3 rings (SSSR count). The van der Waals surface area contributed by atoms with Gasteiger partial charge in [-0.3, -0.25) is 4.79 Å². The van der Waals surface area contributed by atoms with Gasteiger partial charge < -0.3 is 10.6 Å². The van der Waals surface area contributed by atoms with Gasteiger partial charge in [-0.15, -0.1) is 0 Å². The van der Waals surface area contributed by atoms with Gasteiger partial charge in [0.25, 0.3) is 0 Å². The van der Waals surface area contributed by atoms with E-state index in [0.29, 0.717) is 34.9 Å². The molecule has 2 saturated heterocycles. The number of amides is 1. The third kappa shape index (κ3) is 2.88. The Labute approximate surface area is 123 Å². The molecule has 114 valence electrons. The van der Waals surface area contributed by atoms with Gasteiger partial charge in [-0.2, -0.15) is 0 Å². The van der Waals surface area contributed by atoms with E-state index in [1.807, 2.05) is 0 Å². The molecule has 0 aromatic rings. The van der Waals surface area contributed by atoms with E-state index < -0.39 is 0 Å². The third-order valence-corrected chi connectivity index (χ3v) is 5.54. The van der Waals surface area contributed by atoms with E-state index >= 15 is 0 Å². The van der Waals surface area contributed by atoms with Gasteiger partial charge in [0.1, 0.15) is 0 Å². The fourth-order valence-electron chi connectivity index (χ4n) is 5.37. The summed E-state index contributed by atoms with van der Waals surface area (Å²) < 4.78 is 0. The average Bonchev–Trinajstić information content (AvgIpc) is 2.85. The van der Waals surface area contributed by atoms with Crippen molar-refractivity contribution in [2.24, 2.45) is 16.7 Å². The second kappa shape index (κ2) is 4.72. The third-order valence-electron chi connectivity index (χ3n) is 5.54. The zero-order valence-corrected chi connectivity index (χ0v) is 13.5. The van der Waals surface area contributed by atoms with Gasteiger partial charge in [0.05, 0.1) is 5.92 Å². The van der Waals surface area contributed by atoms with Crippen molar-refractivity contribution in [3.63, 3.8) is 0 Å². The summed E-state index contributed by atoms with van der Waals surface area (Å²) in [6.45, 7) is 9.36. The maximum Gasteiger partial charge on any atom is 0.224 e. The van der Waals surface area contributed by atoms with E-state index in [0.717, 1.165) is 19.3 Å². The smallest absolute Gasteiger partial charge is 0.224 e. The number of hydrogen-bond donors (Lipinski definition) is 2. The van der Waals surface area contributed by atoms with Crippen LogP contribution in [0, 0.1) is 16.7 Å². The molecule has 0 spiro atoms. The first-order chi connectivity index (χ1) is 9.24. The van der Waals surface area contributed by atoms with Gasteiger partial charge in [-0.05, 0) is 49.4 Å². The maximum atomic E-state index is 12.6. The number of carbonyl (C=O) groups excluding carboxylic acids is 1. The van der Waals surface area contributed by atoms with Crippen LogP contribution in [0.3, 0.4) is 0 Å². The Kier molecular flexibility index (Phi) is 3.39. The summed E-state index contributed by atoms with van der Waals surface area (Å²) >= 11 is 0. The van der Waals surface area contributed by atoms with E-state index in [9.17, 15) is 4.79 Å². The maximum absolute atomic E-state index is 12.6. The van der Waals surface area contributed by atoms with Crippen LogP contribution in [0.15, 0.2) is 0 Å². The van der Waals surface area contributed by atoms with Gasteiger partial charge in [0, 0.05) is 18.1 Å². The molecule has 3 heteroatoms. The summed E-state index contributed by atoms with van der Waals surface area (Å²) in [5, 5.41) is 6.95. The molecule has 1 amide bonds. The second-order valence-electron chi connectivity index (χ2n) is 9.01. The number of hydrogen-bond acceptors (Lipinski definition) is 2. The highest BCUT2D eigenvalue weighted by atomic mass is 16.2. The molecule has 3 aliphatic rings. The highest BCUT2D eigenvalue weighted by molar-refractivity contribution is 5.80. The second-order valence-corrected chi connectivity index (χ2v) is 9.01. The van der Waals surface area contributed by atoms with Crippen molar-refractivity contribution in [1.29, 1.82) is 0 Å². The Morgan fingerprint density at radius 2 is 1.75 bits per heavy atom. The van der Waals surface area contributed by atoms with Crippen LogP contribution in [0.2, 0.25) is 0 Å². The summed E-state index contributed by atoms with van der Waals surface area (Å²) in [4.78, 5) is 12.6. The van der Waals surface area contributed by atoms with E-state index in [1.54, 1.807) is 0 Å². The van der Waals surface area contributed by atoms with Crippen LogP contribution in [-0.2, 0) is 4.79 Å². The molecule has 1 aliphatic carbocycles. The van der Waals surface area contributed by atoms with Crippen LogP contribution < -0.4 is 10.6 Å². The largest absolute Gasteiger partial charge is 0.353 e.